The zero-order valence-corrected chi connectivity index (χ0v) is 24.2. The van der Waals surface area contributed by atoms with Gasteiger partial charge in [0.05, 0.1) is 22.1 Å². The molecule has 0 fully saturated rings. The molecule has 0 aliphatic carbocycles. The number of aromatic nitrogens is 1. The fraction of sp³-hybridized carbons (Fsp3) is 0.133. The average molecular weight is 650 g/mol. The summed E-state index contributed by atoms with van der Waals surface area (Å²) < 4.78 is 32.6. The van der Waals surface area contributed by atoms with Crippen LogP contribution in [0.2, 0.25) is 0 Å². The molecule has 9 heteroatoms. The second-order valence-electron chi connectivity index (χ2n) is 9.53. The molecule has 1 aliphatic rings. The molecule has 196 valence electrons. The van der Waals surface area contributed by atoms with Gasteiger partial charge in [0.1, 0.15) is 0 Å². The van der Waals surface area contributed by atoms with Crippen molar-refractivity contribution in [1.82, 2.24) is 4.57 Å². The molecule has 1 aromatic heterocycles. The van der Waals surface area contributed by atoms with E-state index in [1.165, 1.54) is 10.4 Å². The highest BCUT2D eigenvalue weighted by Gasteiger charge is 2.35. The molecule has 5 aromatic rings. The van der Waals surface area contributed by atoms with Gasteiger partial charge in [-0.2, -0.15) is 0 Å². The lowest BCUT2D eigenvalue weighted by molar-refractivity contribution is -0.384. The van der Waals surface area contributed by atoms with E-state index < -0.39 is 14.9 Å². The maximum absolute atomic E-state index is 14.1. The standard InChI is InChI=1S/C30H24IN3O4S/c1-3-32-25-10-5-4-9-23(25)29-26(32)15-16-27-30(29)28(20-7-6-8-21(17-20)34(35)36)24(31)18-33(27)39(37,38)22-13-11-19(2)12-14-22/h4-17H,3,18H2,1-2H3. The lowest BCUT2D eigenvalue weighted by atomic mass is 9.90. The molecular weight excluding hydrogens is 625 g/mol. The van der Waals surface area contributed by atoms with Crippen LogP contribution in [0.1, 0.15) is 23.6 Å². The van der Waals surface area contributed by atoms with Crippen molar-refractivity contribution in [3.05, 3.63) is 115 Å². The summed E-state index contributed by atoms with van der Waals surface area (Å²) >= 11 is 2.20. The number of nitro groups is 1. The molecular formula is C30H24IN3O4S. The second-order valence-corrected chi connectivity index (χ2v) is 12.7. The number of hydrogen-bond acceptors (Lipinski definition) is 4. The predicted molar refractivity (Wildman–Crippen MR) is 164 cm³/mol. The number of para-hydroxylation sites is 1. The minimum absolute atomic E-state index is 0.0105. The SMILES string of the molecule is CCn1c2ccccc2c2c3c(ccc21)N(S(=O)(=O)c1ccc(C)cc1)CC(I)=C3c1cccc([N+](=O)[O-])c1. The van der Waals surface area contributed by atoms with Crippen molar-refractivity contribution in [1.29, 1.82) is 0 Å². The maximum atomic E-state index is 14.1. The molecule has 0 bridgehead atoms. The van der Waals surface area contributed by atoms with Gasteiger partial charge in [0.25, 0.3) is 15.7 Å². The van der Waals surface area contributed by atoms with Crippen LogP contribution < -0.4 is 4.31 Å². The number of anilines is 1. The highest BCUT2D eigenvalue weighted by atomic mass is 127. The number of fused-ring (bicyclic) bond motifs is 5. The van der Waals surface area contributed by atoms with Crippen LogP contribution in [-0.2, 0) is 16.6 Å². The summed E-state index contributed by atoms with van der Waals surface area (Å²) in [6.45, 7) is 4.87. The summed E-state index contributed by atoms with van der Waals surface area (Å²) in [5, 5.41) is 13.6. The lowest BCUT2D eigenvalue weighted by Gasteiger charge is -2.33. The van der Waals surface area contributed by atoms with Gasteiger partial charge in [-0.25, -0.2) is 8.42 Å². The van der Waals surface area contributed by atoms with Gasteiger partial charge >= 0.3 is 0 Å². The Morgan fingerprint density at radius 2 is 1.69 bits per heavy atom. The van der Waals surface area contributed by atoms with E-state index in [2.05, 4.69) is 46.2 Å². The fourth-order valence-corrected chi connectivity index (χ4v) is 8.08. The van der Waals surface area contributed by atoms with Crippen LogP contribution in [0.4, 0.5) is 11.4 Å². The zero-order valence-electron chi connectivity index (χ0n) is 21.3. The first-order valence-electron chi connectivity index (χ1n) is 12.5. The number of non-ortho nitro benzene ring substituents is 1. The summed E-state index contributed by atoms with van der Waals surface area (Å²) in [5.41, 5.74) is 5.83. The predicted octanol–water partition coefficient (Wildman–Crippen LogP) is 7.43. The number of benzene rings is 4. The van der Waals surface area contributed by atoms with E-state index in [0.717, 1.165) is 48.6 Å². The van der Waals surface area contributed by atoms with E-state index >= 15 is 0 Å². The maximum Gasteiger partial charge on any atom is 0.270 e. The highest BCUT2D eigenvalue weighted by molar-refractivity contribution is 14.1. The molecule has 2 heterocycles. The van der Waals surface area contributed by atoms with Crippen molar-refractivity contribution in [3.63, 3.8) is 0 Å². The van der Waals surface area contributed by atoms with Gasteiger partial charge in [0.2, 0.25) is 0 Å². The third kappa shape index (κ3) is 4.02. The Morgan fingerprint density at radius 3 is 2.41 bits per heavy atom. The molecule has 7 nitrogen and oxygen atoms in total. The first-order chi connectivity index (χ1) is 18.7. The van der Waals surface area contributed by atoms with E-state index in [1.807, 2.05) is 37.3 Å². The monoisotopic (exact) mass is 649 g/mol. The van der Waals surface area contributed by atoms with Gasteiger partial charge in [-0.1, -0.05) is 48.0 Å². The van der Waals surface area contributed by atoms with Crippen LogP contribution in [0.15, 0.2) is 93.4 Å². The normalized spacial score (nSPS) is 13.8. The Labute approximate surface area is 239 Å². The molecule has 4 aromatic carbocycles. The van der Waals surface area contributed by atoms with E-state index in [9.17, 15) is 18.5 Å². The van der Waals surface area contributed by atoms with Crippen molar-refractivity contribution in [2.24, 2.45) is 0 Å². The van der Waals surface area contributed by atoms with Gasteiger partial charge < -0.3 is 4.57 Å². The lowest BCUT2D eigenvalue weighted by Crippen LogP contribution is -2.35. The Kier molecular flexibility index (Phi) is 6.22. The summed E-state index contributed by atoms with van der Waals surface area (Å²) in [5.74, 6) is 0. The number of rotatable bonds is 5. The Hall–Kier alpha value is -3.70. The fourth-order valence-electron chi connectivity index (χ4n) is 5.48. The molecule has 0 spiro atoms. The smallest absolute Gasteiger partial charge is 0.270 e. The van der Waals surface area contributed by atoms with E-state index in [4.69, 9.17) is 0 Å². The topological polar surface area (TPSA) is 85.5 Å². The van der Waals surface area contributed by atoms with E-state index in [1.54, 1.807) is 36.4 Å². The molecule has 0 atom stereocenters. The number of nitrogens with zero attached hydrogens (tertiary/aromatic N) is 3. The minimum Gasteiger partial charge on any atom is -0.341 e. The molecule has 1 aliphatic heterocycles. The second kappa shape index (κ2) is 9.49. The van der Waals surface area contributed by atoms with Crippen molar-refractivity contribution < 1.29 is 13.3 Å². The number of sulfonamides is 1. The number of nitro benzene ring substituents is 1. The first kappa shape index (κ1) is 25.6. The summed E-state index contributed by atoms with van der Waals surface area (Å²) in [4.78, 5) is 11.5. The molecule has 0 amide bonds. The van der Waals surface area contributed by atoms with Crippen LogP contribution in [0.25, 0.3) is 27.4 Å². The largest absolute Gasteiger partial charge is 0.341 e. The molecule has 0 radical (unpaired) electrons. The molecule has 0 saturated heterocycles. The van der Waals surface area contributed by atoms with Crippen LogP contribution in [0.3, 0.4) is 0 Å². The van der Waals surface area contributed by atoms with Crippen LogP contribution in [0, 0.1) is 17.0 Å². The quantitative estimate of drug-likeness (QED) is 0.113. The van der Waals surface area contributed by atoms with Crippen LogP contribution in [0.5, 0.6) is 0 Å². The van der Waals surface area contributed by atoms with Crippen molar-refractivity contribution in [2.75, 3.05) is 10.8 Å². The van der Waals surface area contributed by atoms with Gasteiger partial charge in [-0.15, -0.1) is 0 Å². The first-order valence-corrected chi connectivity index (χ1v) is 15.0. The Morgan fingerprint density at radius 1 is 0.949 bits per heavy atom. The summed E-state index contributed by atoms with van der Waals surface area (Å²) in [6, 6.07) is 25.4. The van der Waals surface area contributed by atoms with Crippen molar-refractivity contribution >= 4 is 71.4 Å². The summed E-state index contributed by atoms with van der Waals surface area (Å²) in [6.07, 6.45) is 0. The third-order valence-corrected chi connectivity index (χ3v) is 9.91. The van der Waals surface area contributed by atoms with E-state index in [-0.39, 0.29) is 17.1 Å². The molecule has 6 rings (SSSR count). The Bertz CT molecular complexity index is 1940. The number of hydrogen-bond donors (Lipinski definition) is 0. The average Bonchev–Trinajstić information content (AvgIpc) is 3.26. The number of aryl methyl sites for hydroxylation is 2. The van der Waals surface area contributed by atoms with Crippen molar-refractivity contribution in [2.45, 2.75) is 25.3 Å². The molecule has 39 heavy (non-hydrogen) atoms. The molecule has 0 unspecified atom stereocenters. The molecule has 0 N–H and O–H groups in total. The van der Waals surface area contributed by atoms with Gasteiger partial charge in [-0.3, -0.25) is 14.4 Å². The zero-order chi connectivity index (χ0) is 27.5. The van der Waals surface area contributed by atoms with Crippen molar-refractivity contribution in [3.8, 4) is 0 Å². The Balaban J connectivity index is 1.72. The van der Waals surface area contributed by atoms with Gasteiger partial charge in [0, 0.05) is 55.2 Å². The van der Waals surface area contributed by atoms with Gasteiger partial charge in [-0.05, 0) is 72.3 Å². The van der Waals surface area contributed by atoms with Gasteiger partial charge in [0.15, 0.2) is 0 Å². The van der Waals surface area contributed by atoms with E-state index in [0.29, 0.717) is 11.3 Å². The van der Waals surface area contributed by atoms with Crippen LogP contribution in [-0.4, -0.2) is 24.5 Å². The molecule has 0 saturated carbocycles. The summed E-state index contributed by atoms with van der Waals surface area (Å²) in [7, 11) is -3.89. The third-order valence-electron chi connectivity index (χ3n) is 7.26. The van der Waals surface area contributed by atoms with Crippen LogP contribution >= 0.6 is 22.6 Å². The minimum atomic E-state index is -3.89. The number of halogens is 1. The highest BCUT2D eigenvalue weighted by Crippen LogP contribution is 2.48.